The normalized spacial score (nSPS) is 10.2. The summed E-state index contributed by atoms with van der Waals surface area (Å²) in [6.07, 6.45) is 0. The van der Waals surface area contributed by atoms with E-state index >= 15 is 0 Å². The minimum Gasteiger partial charge on any atom is -0.478 e. The fourth-order valence-corrected chi connectivity index (χ4v) is 1.87. The van der Waals surface area contributed by atoms with E-state index < -0.39 is 10.9 Å². The number of nitro benzene ring substituents is 1. The fraction of sp³-hybridized carbons (Fsp3) is 0.0769. The van der Waals surface area contributed by atoms with Crippen molar-refractivity contribution in [2.75, 3.05) is 0 Å². The Morgan fingerprint density at radius 1 is 1.38 bits per heavy atom. The predicted molar refractivity (Wildman–Crippen MR) is 74.1 cm³/mol. The third-order valence-corrected chi connectivity index (χ3v) is 2.82. The van der Waals surface area contributed by atoms with Crippen LogP contribution in [0.25, 0.3) is 0 Å². The second-order valence-corrected chi connectivity index (χ2v) is 4.52. The molecule has 7 nitrogen and oxygen atoms in total. The summed E-state index contributed by atoms with van der Waals surface area (Å²) in [4.78, 5) is 25.0. The number of nitro groups is 1. The van der Waals surface area contributed by atoms with Gasteiger partial charge in [0.1, 0.15) is 10.8 Å². The Kier molecular flexibility index (Phi) is 4.04. The lowest BCUT2D eigenvalue weighted by molar-refractivity contribution is -0.384. The van der Waals surface area contributed by atoms with Gasteiger partial charge in [-0.05, 0) is 19.1 Å². The van der Waals surface area contributed by atoms with E-state index in [1.807, 2.05) is 0 Å². The van der Waals surface area contributed by atoms with Gasteiger partial charge < -0.3 is 9.84 Å². The quantitative estimate of drug-likeness (QED) is 0.685. The maximum atomic E-state index is 11.0. The minimum atomic E-state index is -1.10. The van der Waals surface area contributed by atoms with E-state index in [4.69, 9.17) is 21.4 Å². The first kappa shape index (κ1) is 14.7. The van der Waals surface area contributed by atoms with Crippen molar-refractivity contribution in [1.82, 2.24) is 4.98 Å². The Bertz CT molecular complexity index is 732. The molecule has 0 amide bonds. The molecule has 21 heavy (non-hydrogen) atoms. The van der Waals surface area contributed by atoms with Crippen LogP contribution in [0.1, 0.15) is 16.1 Å². The topological polar surface area (TPSA) is 103 Å². The van der Waals surface area contributed by atoms with Gasteiger partial charge in [-0.15, -0.1) is 0 Å². The van der Waals surface area contributed by atoms with Gasteiger partial charge in [0.05, 0.1) is 10.5 Å². The molecule has 1 N–H and O–H groups in total. The van der Waals surface area contributed by atoms with Crippen LogP contribution in [0.4, 0.5) is 5.69 Å². The molecule has 0 saturated heterocycles. The number of benzene rings is 1. The zero-order chi connectivity index (χ0) is 15.6. The zero-order valence-corrected chi connectivity index (χ0v) is 11.5. The van der Waals surface area contributed by atoms with Crippen LogP contribution in [0.5, 0.6) is 11.6 Å². The van der Waals surface area contributed by atoms with Crippen molar-refractivity contribution in [2.45, 2.75) is 6.92 Å². The van der Waals surface area contributed by atoms with Gasteiger partial charge in [0.15, 0.2) is 0 Å². The van der Waals surface area contributed by atoms with Gasteiger partial charge in [-0.3, -0.25) is 10.1 Å². The van der Waals surface area contributed by atoms with Crippen LogP contribution in [0.3, 0.4) is 0 Å². The number of hydrogen-bond donors (Lipinski definition) is 1. The van der Waals surface area contributed by atoms with Crippen molar-refractivity contribution in [3.05, 3.63) is 56.7 Å². The van der Waals surface area contributed by atoms with Crippen molar-refractivity contribution in [2.24, 2.45) is 0 Å². The van der Waals surface area contributed by atoms with Gasteiger partial charge >= 0.3 is 5.97 Å². The number of aromatic carboxylic acids is 1. The minimum absolute atomic E-state index is 0.0329. The predicted octanol–water partition coefficient (Wildman–Crippen LogP) is 3.44. The molecule has 0 bridgehead atoms. The van der Waals surface area contributed by atoms with E-state index in [0.29, 0.717) is 5.69 Å². The highest BCUT2D eigenvalue weighted by molar-refractivity contribution is 6.32. The van der Waals surface area contributed by atoms with Gasteiger partial charge in [-0.1, -0.05) is 11.6 Å². The lowest BCUT2D eigenvalue weighted by atomic mass is 10.2. The first-order chi connectivity index (χ1) is 9.86. The van der Waals surface area contributed by atoms with Crippen LogP contribution in [0.15, 0.2) is 30.3 Å². The summed E-state index contributed by atoms with van der Waals surface area (Å²) in [6.45, 7) is 1.63. The van der Waals surface area contributed by atoms with Crippen LogP contribution < -0.4 is 4.74 Å². The second-order valence-electron chi connectivity index (χ2n) is 4.11. The summed E-state index contributed by atoms with van der Waals surface area (Å²) in [6, 6.07) is 6.48. The van der Waals surface area contributed by atoms with Gasteiger partial charge in [0.25, 0.3) is 5.69 Å². The number of halogens is 1. The molecule has 2 aromatic rings. The van der Waals surface area contributed by atoms with Crippen molar-refractivity contribution < 1.29 is 19.6 Å². The largest absolute Gasteiger partial charge is 0.478 e. The first-order valence-electron chi connectivity index (χ1n) is 5.70. The fourth-order valence-electron chi connectivity index (χ4n) is 1.63. The molecule has 1 aromatic heterocycles. The third kappa shape index (κ3) is 3.46. The van der Waals surface area contributed by atoms with Crippen molar-refractivity contribution in [3.8, 4) is 11.6 Å². The number of carbonyl (C=O) groups is 1. The highest BCUT2D eigenvalue weighted by Gasteiger charge is 2.14. The molecule has 8 heteroatoms. The number of rotatable bonds is 4. The Labute approximate surface area is 123 Å². The van der Waals surface area contributed by atoms with E-state index in [9.17, 15) is 14.9 Å². The number of hydrogen-bond acceptors (Lipinski definition) is 5. The van der Waals surface area contributed by atoms with Gasteiger partial charge in [0.2, 0.25) is 5.88 Å². The van der Waals surface area contributed by atoms with Gasteiger partial charge in [-0.25, -0.2) is 9.78 Å². The van der Waals surface area contributed by atoms with Crippen LogP contribution in [-0.4, -0.2) is 21.0 Å². The van der Waals surface area contributed by atoms with Crippen LogP contribution >= 0.6 is 11.6 Å². The van der Waals surface area contributed by atoms with E-state index in [1.165, 1.54) is 30.3 Å². The number of aromatic nitrogens is 1. The Morgan fingerprint density at radius 2 is 2.10 bits per heavy atom. The Balaban J connectivity index is 2.32. The number of carboxylic acids is 1. The molecular formula is C13H9ClN2O5. The lowest BCUT2D eigenvalue weighted by Crippen LogP contribution is -2.00. The molecular weight excluding hydrogens is 300 g/mol. The molecule has 0 spiro atoms. The monoisotopic (exact) mass is 308 g/mol. The molecule has 0 radical (unpaired) electrons. The molecule has 0 aliphatic carbocycles. The number of nitrogens with zero attached hydrogens (tertiary/aromatic N) is 2. The van der Waals surface area contributed by atoms with Crippen LogP contribution in [0.2, 0.25) is 5.02 Å². The molecule has 1 aromatic carbocycles. The highest BCUT2D eigenvalue weighted by atomic mass is 35.5. The molecule has 0 unspecified atom stereocenters. The number of ether oxygens (including phenoxy) is 1. The summed E-state index contributed by atoms with van der Waals surface area (Å²) in [7, 11) is 0. The summed E-state index contributed by atoms with van der Waals surface area (Å²) in [5.74, 6) is -0.815. The molecule has 0 aliphatic heterocycles. The summed E-state index contributed by atoms with van der Waals surface area (Å²) in [5, 5.41) is 19.5. The van der Waals surface area contributed by atoms with E-state index in [1.54, 1.807) is 6.92 Å². The van der Waals surface area contributed by atoms with E-state index in [0.717, 1.165) is 0 Å². The van der Waals surface area contributed by atoms with E-state index in [2.05, 4.69) is 4.98 Å². The van der Waals surface area contributed by atoms with Crippen molar-refractivity contribution in [3.63, 3.8) is 0 Å². The van der Waals surface area contributed by atoms with Gasteiger partial charge in [-0.2, -0.15) is 0 Å². The van der Waals surface area contributed by atoms with Gasteiger partial charge in [0, 0.05) is 23.9 Å². The summed E-state index contributed by atoms with van der Waals surface area (Å²) < 4.78 is 5.38. The number of pyridine rings is 1. The second kappa shape index (κ2) is 5.76. The van der Waals surface area contributed by atoms with E-state index in [-0.39, 0.29) is 27.9 Å². The maximum absolute atomic E-state index is 11.0. The molecule has 108 valence electrons. The average Bonchev–Trinajstić information content (AvgIpc) is 2.37. The number of carboxylic acid groups (broad SMARTS) is 1. The smallest absolute Gasteiger partial charge is 0.335 e. The summed E-state index contributed by atoms with van der Waals surface area (Å²) >= 11 is 5.77. The Morgan fingerprint density at radius 3 is 2.67 bits per heavy atom. The van der Waals surface area contributed by atoms with Crippen molar-refractivity contribution in [1.29, 1.82) is 0 Å². The average molecular weight is 309 g/mol. The third-order valence-electron chi connectivity index (χ3n) is 2.52. The summed E-state index contributed by atoms with van der Waals surface area (Å²) in [5.41, 5.74) is 0.260. The lowest BCUT2D eigenvalue weighted by Gasteiger charge is -2.07. The molecule has 1 heterocycles. The SMILES string of the molecule is Cc1cc(C(=O)O)cc(Oc2ccc([N+](=O)[O-])c(Cl)c2)n1. The zero-order valence-electron chi connectivity index (χ0n) is 10.7. The molecule has 0 aliphatic rings. The standard InChI is InChI=1S/C13H9ClN2O5/c1-7-4-8(13(17)18)5-12(15-7)21-9-2-3-11(16(19)20)10(14)6-9/h2-6H,1H3,(H,17,18). The molecule has 0 fully saturated rings. The van der Waals surface area contributed by atoms with Crippen molar-refractivity contribution >= 4 is 23.3 Å². The Hall–Kier alpha value is -2.67. The molecule has 0 saturated carbocycles. The van der Waals surface area contributed by atoms with Crippen LogP contribution in [-0.2, 0) is 0 Å². The molecule has 0 atom stereocenters. The highest BCUT2D eigenvalue weighted by Crippen LogP contribution is 2.30. The number of aryl methyl sites for hydroxylation is 1. The maximum Gasteiger partial charge on any atom is 0.335 e. The molecule has 2 rings (SSSR count). The van der Waals surface area contributed by atoms with Crippen LogP contribution in [0, 0.1) is 17.0 Å². The first-order valence-corrected chi connectivity index (χ1v) is 6.08.